The van der Waals surface area contributed by atoms with Crippen LogP contribution in [-0.4, -0.2) is 105 Å². The van der Waals surface area contributed by atoms with Gasteiger partial charge in [-0.1, -0.05) is 45.9 Å². The molecule has 0 fully saturated rings. The maximum Gasteiger partial charge on any atom is 0.312 e. The summed E-state index contributed by atoms with van der Waals surface area (Å²) in [6.07, 6.45) is 5.96. The monoisotopic (exact) mass is 793 g/mol. The highest BCUT2D eigenvalue weighted by Gasteiger charge is 2.50. The SMILES string of the molecule is CO[C@H]1/C=C/O[C@@]2(C)Oc3c(C)c(O)c4c(O)c(c(/C=N/N5C=NNC5)c(O)c4c3C2=O)NC(=O)/C(C)=C/C=C/[C@H](C)[C@H](O)[C@@H](C)[C@@H](O)[C@@H](C)[C@H](OC(C)=O)[C@@H]1C. The van der Waals surface area contributed by atoms with Gasteiger partial charge >= 0.3 is 11.8 Å². The summed E-state index contributed by atoms with van der Waals surface area (Å²) in [5.74, 6) is -8.61. The molecule has 2 aromatic carbocycles. The number of carbonyl (C=O) groups is 3. The second-order valence-electron chi connectivity index (χ2n) is 14.9. The van der Waals surface area contributed by atoms with E-state index in [2.05, 4.69) is 20.9 Å². The molecule has 4 aliphatic rings. The van der Waals surface area contributed by atoms with Crippen LogP contribution in [0.2, 0.25) is 0 Å². The maximum atomic E-state index is 14.3. The number of aliphatic hydroxyl groups is 2. The molecule has 7 N–H and O–H groups in total. The van der Waals surface area contributed by atoms with Crippen molar-refractivity contribution in [2.45, 2.75) is 85.6 Å². The summed E-state index contributed by atoms with van der Waals surface area (Å²) in [6, 6.07) is 0. The second kappa shape index (κ2) is 16.8. The van der Waals surface area contributed by atoms with Crippen LogP contribution in [0.1, 0.15) is 70.0 Å². The number of anilines is 1. The predicted octanol–water partition coefficient (Wildman–Crippen LogP) is 3.89. The summed E-state index contributed by atoms with van der Waals surface area (Å²) in [4.78, 5) is 40.3. The molecular weight excluding hydrogens is 742 g/mol. The summed E-state index contributed by atoms with van der Waals surface area (Å²) in [5.41, 5.74) is 2.14. The van der Waals surface area contributed by atoms with Crippen LogP contribution >= 0.6 is 0 Å². The molecule has 308 valence electrons. The molecular formula is C40H51N5O12. The van der Waals surface area contributed by atoms with Crippen molar-refractivity contribution in [3.05, 3.63) is 52.8 Å². The quantitative estimate of drug-likeness (QED) is 0.101. The van der Waals surface area contributed by atoms with Crippen molar-refractivity contribution >= 4 is 46.7 Å². The van der Waals surface area contributed by atoms with E-state index in [1.807, 2.05) is 0 Å². The van der Waals surface area contributed by atoms with Crippen LogP contribution in [0.3, 0.4) is 0 Å². The second-order valence-corrected chi connectivity index (χ2v) is 14.9. The van der Waals surface area contributed by atoms with Gasteiger partial charge in [0.2, 0.25) is 0 Å². The van der Waals surface area contributed by atoms with Gasteiger partial charge in [-0.05, 0) is 19.9 Å². The molecule has 0 unspecified atom stereocenters. The average molecular weight is 794 g/mol. The van der Waals surface area contributed by atoms with Crippen molar-refractivity contribution in [2.24, 2.45) is 33.9 Å². The number of phenolic OH excluding ortho intramolecular Hbond substituents is 3. The Labute approximate surface area is 329 Å². The highest BCUT2D eigenvalue weighted by molar-refractivity contribution is 6.23. The van der Waals surface area contributed by atoms with Crippen LogP contribution in [0.15, 0.2) is 46.3 Å². The molecule has 5 bridgehead atoms. The van der Waals surface area contributed by atoms with E-state index in [4.69, 9.17) is 18.9 Å². The number of nitrogens with zero attached hydrogens (tertiary/aromatic N) is 3. The predicted molar refractivity (Wildman–Crippen MR) is 210 cm³/mol. The molecule has 0 saturated carbocycles. The minimum atomic E-state index is -2.06. The number of Topliss-reactive ketones (excluding diaryl/α,β-unsaturated/α-hetero) is 1. The Morgan fingerprint density at radius 1 is 1.02 bits per heavy atom. The number of allylic oxidation sites excluding steroid dienone is 2. The minimum absolute atomic E-state index is 0.0346. The van der Waals surface area contributed by atoms with Gasteiger partial charge in [0.25, 0.3) is 11.7 Å². The maximum absolute atomic E-state index is 14.3. The lowest BCUT2D eigenvalue weighted by Gasteiger charge is -2.38. The Balaban J connectivity index is 1.71. The number of rotatable bonds is 4. The number of ketones is 1. The zero-order valence-corrected chi connectivity index (χ0v) is 33.3. The third-order valence-electron chi connectivity index (χ3n) is 10.9. The number of phenols is 3. The third kappa shape index (κ3) is 8.13. The molecule has 4 heterocycles. The molecule has 17 heteroatoms. The van der Waals surface area contributed by atoms with Crippen molar-refractivity contribution in [3.63, 3.8) is 0 Å². The lowest BCUT2D eigenvalue weighted by molar-refractivity contribution is -0.160. The number of aliphatic hydroxyl groups excluding tert-OH is 2. The van der Waals surface area contributed by atoms with E-state index in [0.717, 1.165) is 6.21 Å². The molecule has 4 aliphatic heterocycles. The van der Waals surface area contributed by atoms with E-state index in [1.54, 1.807) is 39.8 Å². The van der Waals surface area contributed by atoms with Crippen LogP contribution in [0.4, 0.5) is 5.69 Å². The van der Waals surface area contributed by atoms with E-state index >= 15 is 0 Å². The molecule has 0 aliphatic carbocycles. The Bertz CT molecular complexity index is 2080. The first-order chi connectivity index (χ1) is 26.8. The topological polar surface area (TPSA) is 241 Å². The summed E-state index contributed by atoms with van der Waals surface area (Å²) < 4.78 is 23.5. The molecule has 0 saturated heterocycles. The fourth-order valence-corrected chi connectivity index (χ4v) is 7.34. The molecule has 1 amide bonds. The number of hydrogen-bond donors (Lipinski definition) is 7. The van der Waals surface area contributed by atoms with Crippen LogP contribution in [0, 0.1) is 30.6 Å². The first kappa shape index (κ1) is 42.5. The number of hydrazone groups is 2. The Hall–Kier alpha value is -5.65. The molecule has 9 atom stereocenters. The first-order valence-electron chi connectivity index (χ1n) is 18.5. The highest BCUT2D eigenvalue weighted by Crippen LogP contribution is 2.55. The molecule has 57 heavy (non-hydrogen) atoms. The number of benzene rings is 2. The molecule has 0 radical (unpaired) electrons. The van der Waals surface area contributed by atoms with Crippen LogP contribution < -0.4 is 15.5 Å². The van der Waals surface area contributed by atoms with E-state index in [9.17, 15) is 39.9 Å². The zero-order valence-electron chi connectivity index (χ0n) is 33.3. The smallest absolute Gasteiger partial charge is 0.312 e. The standard InChI is InChI=1S/C40H51N5O12/c1-18-11-10-12-19(2)39(53)44-30-25(15-43-45-16-41-42-17-45)34(50)27-28(35(30)51)33(49)23(6)37-29(27)38(52)40(8,57-37)55-14-13-26(54-9)20(3)36(56-24(7)46)22(5)32(48)21(4)31(18)47/h10-16,18,20-22,26,31-32,36,42,47-51H,17H2,1-9H3,(H,44,53)/b11-10+,14-13+,19-12+,43-15+/t18-,20+,21+,22+,26-,31-,32+,36+,40-/m0/s1. The Morgan fingerprint density at radius 3 is 2.35 bits per heavy atom. The van der Waals surface area contributed by atoms with Crippen molar-refractivity contribution in [1.82, 2.24) is 10.4 Å². The summed E-state index contributed by atoms with van der Waals surface area (Å²) in [7, 11) is 1.43. The number of fused-ring (bicyclic) bond motifs is 14. The highest BCUT2D eigenvalue weighted by atomic mass is 16.7. The lowest BCUT2D eigenvalue weighted by Crippen LogP contribution is -2.46. The number of esters is 1. The largest absolute Gasteiger partial charge is 0.507 e. The average Bonchev–Trinajstić information content (AvgIpc) is 3.79. The van der Waals surface area contributed by atoms with E-state index in [1.165, 1.54) is 64.6 Å². The van der Waals surface area contributed by atoms with Gasteiger partial charge in [-0.3, -0.25) is 19.8 Å². The fourth-order valence-electron chi connectivity index (χ4n) is 7.34. The summed E-state index contributed by atoms with van der Waals surface area (Å²) in [5, 5.41) is 69.5. The number of hydrogen-bond acceptors (Lipinski definition) is 16. The Kier molecular flexibility index (Phi) is 12.5. The van der Waals surface area contributed by atoms with Gasteiger partial charge in [-0.25, -0.2) is 5.01 Å². The molecule has 0 spiro atoms. The van der Waals surface area contributed by atoms with E-state index in [-0.39, 0.29) is 51.1 Å². The Morgan fingerprint density at radius 2 is 1.72 bits per heavy atom. The van der Waals surface area contributed by atoms with E-state index < -0.39 is 88.8 Å². The van der Waals surface area contributed by atoms with Gasteiger partial charge in [-0.15, -0.1) is 0 Å². The van der Waals surface area contributed by atoms with Crippen molar-refractivity contribution in [3.8, 4) is 23.0 Å². The number of carbonyl (C=O) groups excluding carboxylic acids is 3. The minimum Gasteiger partial charge on any atom is -0.507 e. The lowest BCUT2D eigenvalue weighted by atomic mass is 9.78. The fraction of sp³-hybridized carbons (Fsp3) is 0.475. The molecule has 6 rings (SSSR count). The van der Waals surface area contributed by atoms with Crippen LogP contribution in [-0.2, 0) is 23.8 Å². The molecule has 17 nitrogen and oxygen atoms in total. The van der Waals surface area contributed by atoms with E-state index in [0.29, 0.717) is 0 Å². The molecule has 0 aromatic heterocycles. The number of aromatic hydroxyl groups is 3. The van der Waals surface area contributed by atoms with Crippen molar-refractivity contribution in [1.29, 1.82) is 0 Å². The van der Waals surface area contributed by atoms with Crippen molar-refractivity contribution in [2.75, 3.05) is 19.1 Å². The zero-order chi connectivity index (χ0) is 42.1. The van der Waals surface area contributed by atoms with Gasteiger partial charge in [0.1, 0.15) is 36.4 Å². The van der Waals surface area contributed by atoms with Crippen LogP contribution in [0.25, 0.3) is 10.8 Å². The van der Waals surface area contributed by atoms with Gasteiger partial charge < -0.3 is 49.8 Å². The van der Waals surface area contributed by atoms with Crippen molar-refractivity contribution < 1.29 is 58.9 Å². The number of methoxy groups -OCH3 is 1. The third-order valence-corrected chi connectivity index (χ3v) is 10.9. The van der Waals surface area contributed by atoms with Gasteiger partial charge in [0.05, 0.1) is 53.0 Å². The van der Waals surface area contributed by atoms with Crippen LogP contribution in [0.5, 0.6) is 23.0 Å². The molecule has 2 aromatic rings. The number of nitrogens with one attached hydrogen (secondary N) is 2. The summed E-state index contributed by atoms with van der Waals surface area (Å²) >= 11 is 0. The normalized spacial score (nSPS) is 31.8. The number of ether oxygens (including phenoxy) is 4. The first-order valence-corrected chi connectivity index (χ1v) is 18.5. The number of amides is 1. The van der Waals surface area contributed by atoms with Gasteiger partial charge in [-0.2, -0.15) is 10.2 Å². The summed E-state index contributed by atoms with van der Waals surface area (Å²) in [6.45, 7) is 12.6. The van der Waals surface area contributed by atoms with Gasteiger partial charge in [0.15, 0.2) is 5.75 Å². The van der Waals surface area contributed by atoms with Gasteiger partial charge in [0, 0.05) is 61.2 Å².